The van der Waals surface area contributed by atoms with E-state index in [0.717, 1.165) is 4.31 Å². The molecule has 0 spiro atoms. The number of piperidine rings is 1. The highest BCUT2D eigenvalue weighted by molar-refractivity contribution is 7.89. The smallest absolute Gasteiger partial charge is 0.248 e. The Hall–Kier alpha value is -1.41. The highest BCUT2D eigenvalue weighted by Crippen LogP contribution is 2.26. The molecule has 1 aromatic rings. The lowest BCUT2D eigenvalue weighted by Gasteiger charge is -2.29. The van der Waals surface area contributed by atoms with Crippen molar-refractivity contribution in [1.82, 2.24) is 4.31 Å². The van der Waals surface area contributed by atoms with Crippen LogP contribution in [0.4, 0.5) is 13.2 Å². The van der Waals surface area contributed by atoms with E-state index in [4.69, 9.17) is 0 Å². The third-order valence-electron chi connectivity index (χ3n) is 3.20. The number of sulfonamides is 1. The first-order valence-electron chi connectivity index (χ1n) is 5.91. The van der Waals surface area contributed by atoms with Crippen LogP contribution < -0.4 is 0 Å². The Kier molecular flexibility index (Phi) is 3.88. The van der Waals surface area contributed by atoms with Crippen molar-refractivity contribution in [3.05, 3.63) is 29.6 Å². The van der Waals surface area contributed by atoms with E-state index in [1.165, 1.54) is 0 Å². The quantitative estimate of drug-likeness (QED) is 0.836. The van der Waals surface area contributed by atoms with Crippen molar-refractivity contribution >= 4 is 15.8 Å². The van der Waals surface area contributed by atoms with Crippen molar-refractivity contribution in [3.63, 3.8) is 0 Å². The third kappa shape index (κ3) is 2.57. The zero-order valence-electron chi connectivity index (χ0n) is 10.6. The second-order valence-electron chi connectivity index (χ2n) is 4.68. The van der Waals surface area contributed by atoms with Crippen LogP contribution in [-0.2, 0) is 14.8 Å². The molecular formula is C12H12F3NO3S. The Balaban J connectivity index is 2.44. The summed E-state index contributed by atoms with van der Waals surface area (Å²) in [6.07, 6.45) is -0.00910. The van der Waals surface area contributed by atoms with Gasteiger partial charge in [0.2, 0.25) is 10.0 Å². The molecule has 1 aromatic carbocycles. The molecule has 2 rings (SSSR count). The highest BCUT2D eigenvalue weighted by atomic mass is 32.2. The van der Waals surface area contributed by atoms with Gasteiger partial charge < -0.3 is 0 Å². The number of rotatable bonds is 2. The van der Waals surface area contributed by atoms with Gasteiger partial charge in [-0.3, -0.25) is 4.79 Å². The van der Waals surface area contributed by atoms with Crippen LogP contribution in [0, 0.1) is 23.4 Å². The standard InChI is InChI=1S/C12H12F3NO3S/c1-7-6-16(3-2-11(7)17)20(18,19)12-9(14)4-8(13)5-10(12)15/h4-5,7H,2-3,6H2,1H3. The number of nitrogens with zero attached hydrogens (tertiary/aromatic N) is 1. The van der Waals surface area contributed by atoms with E-state index in [1.807, 2.05) is 0 Å². The molecule has 1 aliphatic rings. The van der Waals surface area contributed by atoms with Crippen molar-refractivity contribution in [1.29, 1.82) is 0 Å². The molecule has 1 aliphatic heterocycles. The lowest BCUT2D eigenvalue weighted by atomic mass is 10.0. The molecule has 0 saturated carbocycles. The van der Waals surface area contributed by atoms with Gasteiger partial charge in [0.15, 0.2) is 4.90 Å². The summed E-state index contributed by atoms with van der Waals surface area (Å²) in [6.45, 7) is 1.26. The zero-order valence-corrected chi connectivity index (χ0v) is 11.4. The predicted molar refractivity (Wildman–Crippen MR) is 63.9 cm³/mol. The van der Waals surface area contributed by atoms with E-state index < -0.39 is 38.3 Å². The predicted octanol–water partition coefficient (Wildman–Crippen LogP) is 1.70. The largest absolute Gasteiger partial charge is 0.299 e. The van der Waals surface area contributed by atoms with Gasteiger partial charge >= 0.3 is 0 Å². The topological polar surface area (TPSA) is 54.5 Å². The summed E-state index contributed by atoms with van der Waals surface area (Å²) >= 11 is 0. The molecule has 0 aromatic heterocycles. The summed E-state index contributed by atoms with van der Waals surface area (Å²) in [7, 11) is -4.43. The maximum atomic E-state index is 13.6. The first-order chi connectivity index (χ1) is 9.23. The molecule has 0 aliphatic carbocycles. The summed E-state index contributed by atoms with van der Waals surface area (Å²) < 4.78 is 65.2. The minimum atomic E-state index is -4.43. The molecule has 8 heteroatoms. The monoisotopic (exact) mass is 307 g/mol. The average molecular weight is 307 g/mol. The summed E-state index contributed by atoms with van der Waals surface area (Å²) in [5.41, 5.74) is 0. The number of carbonyl (C=O) groups excluding carboxylic acids is 1. The zero-order chi connectivity index (χ0) is 15.1. The molecule has 20 heavy (non-hydrogen) atoms. The van der Waals surface area contributed by atoms with Crippen LogP contribution in [0.5, 0.6) is 0 Å². The van der Waals surface area contributed by atoms with Crippen LogP contribution >= 0.6 is 0 Å². The number of ketones is 1. The van der Waals surface area contributed by atoms with Crippen molar-refractivity contribution in [2.24, 2.45) is 5.92 Å². The maximum absolute atomic E-state index is 13.6. The Bertz CT molecular complexity index is 637. The summed E-state index contributed by atoms with van der Waals surface area (Å²) in [4.78, 5) is 10.2. The second kappa shape index (κ2) is 5.17. The number of Topliss-reactive ketones (excluding diaryl/α,β-unsaturated/α-hetero) is 1. The summed E-state index contributed by atoms with van der Waals surface area (Å²) in [6, 6.07) is 0.628. The third-order valence-corrected chi connectivity index (χ3v) is 5.11. The van der Waals surface area contributed by atoms with E-state index >= 15 is 0 Å². The molecule has 110 valence electrons. The Labute approximate surface area is 114 Å². The molecule has 0 bridgehead atoms. The first kappa shape index (κ1) is 15.0. The van der Waals surface area contributed by atoms with Gasteiger partial charge in [-0.25, -0.2) is 21.6 Å². The molecule has 1 fully saturated rings. The Morgan fingerprint density at radius 1 is 1.20 bits per heavy atom. The van der Waals surface area contributed by atoms with E-state index in [1.54, 1.807) is 6.92 Å². The maximum Gasteiger partial charge on any atom is 0.248 e. The van der Waals surface area contributed by atoms with Crippen LogP contribution in [0.1, 0.15) is 13.3 Å². The fourth-order valence-electron chi connectivity index (χ4n) is 2.10. The number of halogens is 3. The van der Waals surface area contributed by atoms with E-state index in [2.05, 4.69) is 0 Å². The molecule has 0 N–H and O–H groups in total. The highest BCUT2D eigenvalue weighted by Gasteiger charge is 2.36. The fraction of sp³-hybridized carbons (Fsp3) is 0.417. The minimum Gasteiger partial charge on any atom is -0.299 e. The van der Waals surface area contributed by atoms with E-state index in [9.17, 15) is 26.4 Å². The molecule has 1 unspecified atom stereocenters. The Morgan fingerprint density at radius 2 is 1.75 bits per heavy atom. The molecule has 1 atom stereocenters. The number of benzene rings is 1. The van der Waals surface area contributed by atoms with Crippen molar-refractivity contribution in [2.75, 3.05) is 13.1 Å². The lowest BCUT2D eigenvalue weighted by molar-refractivity contribution is -0.124. The molecular weight excluding hydrogens is 295 g/mol. The Morgan fingerprint density at radius 3 is 2.25 bits per heavy atom. The van der Waals surface area contributed by atoms with Crippen LogP contribution in [0.3, 0.4) is 0 Å². The number of carbonyl (C=O) groups is 1. The van der Waals surface area contributed by atoms with Crippen LogP contribution in [0.25, 0.3) is 0 Å². The molecule has 1 heterocycles. The van der Waals surface area contributed by atoms with Crippen molar-refractivity contribution in [3.8, 4) is 0 Å². The van der Waals surface area contributed by atoms with Crippen LogP contribution in [0.2, 0.25) is 0 Å². The molecule has 0 amide bonds. The molecule has 0 radical (unpaired) electrons. The SMILES string of the molecule is CC1CN(S(=O)(=O)c2c(F)cc(F)cc2F)CCC1=O. The van der Waals surface area contributed by atoms with E-state index in [-0.39, 0.29) is 25.3 Å². The molecule has 1 saturated heterocycles. The number of hydrogen-bond acceptors (Lipinski definition) is 3. The van der Waals surface area contributed by atoms with Crippen LogP contribution in [-0.4, -0.2) is 31.6 Å². The normalized spacial score (nSPS) is 21.2. The van der Waals surface area contributed by atoms with Gasteiger partial charge in [-0.1, -0.05) is 6.92 Å². The van der Waals surface area contributed by atoms with Gasteiger partial charge in [0.05, 0.1) is 0 Å². The van der Waals surface area contributed by atoms with Gasteiger partial charge in [-0.15, -0.1) is 0 Å². The van der Waals surface area contributed by atoms with Gasteiger partial charge in [-0.05, 0) is 0 Å². The second-order valence-corrected chi connectivity index (χ2v) is 6.55. The van der Waals surface area contributed by atoms with Crippen molar-refractivity contribution in [2.45, 2.75) is 18.2 Å². The first-order valence-corrected chi connectivity index (χ1v) is 7.35. The minimum absolute atomic E-state index is 0.00910. The average Bonchev–Trinajstić information content (AvgIpc) is 2.30. The van der Waals surface area contributed by atoms with Gasteiger partial charge in [0.25, 0.3) is 0 Å². The summed E-state index contributed by atoms with van der Waals surface area (Å²) in [5, 5.41) is 0. The fourth-order valence-corrected chi connectivity index (χ4v) is 3.72. The van der Waals surface area contributed by atoms with Crippen LogP contribution in [0.15, 0.2) is 17.0 Å². The van der Waals surface area contributed by atoms with Gasteiger partial charge in [0.1, 0.15) is 23.2 Å². The lowest BCUT2D eigenvalue weighted by Crippen LogP contribution is -2.43. The molecule has 4 nitrogen and oxygen atoms in total. The van der Waals surface area contributed by atoms with E-state index in [0.29, 0.717) is 12.1 Å². The van der Waals surface area contributed by atoms with Gasteiger partial charge in [0, 0.05) is 37.6 Å². The van der Waals surface area contributed by atoms with Gasteiger partial charge in [-0.2, -0.15) is 4.31 Å². The number of hydrogen-bond donors (Lipinski definition) is 0. The summed E-state index contributed by atoms with van der Waals surface area (Å²) in [5.74, 6) is -4.79. The van der Waals surface area contributed by atoms with Crippen molar-refractivity contribution < 1.29 is 26.4 Å².